The molecule has 6 heteroatoms. The molecule has 0 saturated carbocycles. The molecule has 1 atom stereocenters. The minimum atomic E-state index is -0.816. The number of nitrogens with zero attached hydrogens (tertiary/aromatic N) is 2. The van der Waals surface area contributed by atoms with Crippen molar-refractivity contribution < 1.29 is 14.7 Å². The molecular formula is C12H21N3O3. The largest absolute Gasteiger partial charge is 0.481 e. The fourth-order valence-electron chi connectivity index (χ4n) is 2.72. The molecule has 2 amide bonds. The van der Waals surface area contributed by atoms with E-state index in [1.807, 2.05) is 4.90 Å². The molecule has 2 aliphatic rings. The first-order chi connectivity index (χ1) is 8.66. The number of amides is 2. The lowest BCUT2D eigenvalue weighted by molar-refractivity contribution is -0.137. The van der Waals surface area contributed by atoms with Gasteiger partial charge in [0, 0.05) is 38.6 Å². The lowest BCUT2D eigenvalue weighted by Crippen LogP contribution is -2.54. The quantitative estimate of drug-likeness (QED) is 0.711. The van der Waals surface area contributed by atoms with Crippen LogP contribution < -0.4 is 5.32 Å². The van der Waals surface area contributed by atoms with Crippen molar-refractivity contribution in [3.05, 3.63) is 0 Å². The number of carboxylic acids is 1. The van der Waals surface area contributed by atoms with E-state index in [1.54, 1.807) is 0 Å². The van der Waals surface area contributed by atoms with E-state index in [9.17, 15) is 9.59 Å². The smallest absolute Gasteiger partial charge is 0.317 e. The molecule has 0 bridgehead atoms. The highest BCUT2D eigenvalue weighted by molar-refractivity contribution is 5.74. The molecule has 2 fully saturated rings. The molecule has 1 unspecified atom stereocenters. The van der Waals surface area contributed by atoms with Gasteiger partial charge in [-0.05, 0) is 25.8 Å². The van der Waals surface area contributed by atoms with Crippen LogP contribution in [0.5, 0.6) is 0 Å². The molecule has 0 spiro atoms. The molecule has 2 N–H and O–H groups in total. The SMILES string of the molecule is O=C(O)CCCNC(=O)N1CCN2CCCC2C1. The molecule has 0 aliphatic carbocycles. The molecule has 6 nitrogen and oxygen atoms in total. The van der Waals surface area contributed by atoms with Crippen LogP contribution in [0, 0.1) is 0 Å². The second-order valence-corrected chi connectivity index (χ2v) is 5.01. The Morgan fingerprint density at radius 3 is 2.89 bits per heavy atom. The number of nitrogens with one attached hydrogen (secondary N) is 1. The van der Waals surface area contributed by atoms with Gasteiger partial charge >= 0.3 is 12.0 Å². The summed E-state index contributed by atoms with van der Waals surface area (Å²) in [5.74, 6) is -0.816. The highest BCUT2D eigenvalue weighted by Gasteiger charge is 2.32. The highest BCUT2D eigenvalue weighted by Crippen LogP contribution is 2.21. The van der Waals surface area contributed by atoms with E-state index >= 15 is 0 Å². The van der Waals surface area contributed by atoms with E-state index in [0.29, 0.717) is 19.0 Å². The lowest BCUT2D eigenvalue weighted by Gasteiger charge is -2.37. The fraction of sp³-hybridized carbons (Fsp3) is 0.833. The maximum Gasteiger partial charge on any atom is 0.317 e. The molecule has 0 radical (unpaired) electrons. The molecule has 0 aromatic rings. The van der Waals surface area contributed by atoms with Crippen LogP contribution >= 0.6 is 0 Å². The standard InChI is InChI=1S/C12H21N3O3/c16-11(17)4-1-5-13-12(18)15-8-7-14-6-2-3-10(14)9-15/h10H,1-9H2,(H,13,18)(H,16,17). The first-order valence-electron chi connectivity index (χ1n) is 6.65. The zero-order valence-corrected chi connectivity index (χ0v) is 10.6. The summed E-state index contributed by atoms with van der Waals surface area (Å²) in [4.78, 5) is 26.5. The molecule has 102 valence electrons. The zero-order valence-electron chi connectivity index (χ0n) is 10.6. The summed E-state index contributed by atoms with van der Waals surface area (Å²) in [6.07, 6.45) is 3.02. The fourth-order valence-corrected chi connectivity index (χ4v) is 2.72. The minimum Gasteiger partial charge on any atom is -0.481 e. The highest BCUT2D eigenvalue weighted by atomic mass is 16.4. The van der Waals surface area contributed by atoms with Gasteiger partial charge in [-0.1, -0.05) is 0 Å². The van der Waals surface area contributed by atoms with Crippen LogP contribution in [-0.2, 0) is 4.79 Å². The maximum atomic E-state index is 11.9. The number of fused-ring (bicyclic) bond motifs is 1. The third-order valence-electron chi connectivity index (χ3n) is 3.72. The van der Waals surface area contributed by atoms with Gasteiger partial charge in [-0.15, -0.1) is 0 Å². The van der Waals surface area contributed by atoms with Crippen LogP contribution in [0.2, 0.25) is 0 Å². The number of piperazine rings is 1. The summed E-state index contributed by atoms with van der Waals surface area (Å²) < 4.78 is 0. The van der Waals surface area contributed by atoms with Gasteiger partial charge in [-0.25, -0.2) is 4.79 Å². The van der Waals surface area contributed by atoms with E-state index in [2.05, 4.69) is 10.2 Å². The monoisotopic (exact) mass is 255 g/mol. The number of carbonyl (C=O) groups is 2. The van der Waals surface area contributed by atoms with E-state index in [-0.39, 0.29) is 12.5 Å². The van der Waals surface area contributed by atoms with E-state index in [4.69, 9.17) is 5.11 Å². The van der Waals surface area contributed by atoms with E-state index < -0.39 is 5.97 Å². The third-order valence-corrected chi connectivity index (χ3v) is 3.72. The van der Waals surface area contributed by atoms with E-state index in [0.717, 1.165) is 19.6 Å². The third kappa shape index (κ3) is 3.35. The average Bonchev–Trinajstić information content (AvgIpc) is 2.81. The maximum absolute atomic E-state index is 11.9. The number of aliphatic carboxylic acids is 1. The van der Waals surface area contributed by atoms with Crippen LogP contribution in [0.15, 0.2) is 0 Å². The van der Waals surface area contributed by atoms with Crippen molar-refractivity contribution in [2.24, 2.45) is 0 Å². The Hall–Kier alpha value is -1.30. The Bertz CT molecular complexity index is 322. The second-order valence-electron chi connectivity index (χ2n) is 5.01. The van der Waals surface area contributed by atoms with Crippen LogP contribution in [0.4, 0.5) is 4.79 Å². The van der Waals surface area contributed by atoms with Crippen molar-refractivity contribution in [2.45, 2.75) is 31.7 Å². The number of hydrogen-bond donors (Lipinski definition) is 2. The van der Waals surface area contributed by atoms with Crippen LogP contribution in [0.25, 0.3) is 0 Å². The molecule has 2 rings (SSSR count). The predicted octanol–water partition coefficient (Wildman–Crippen LogP) is 0.341. The van der Waals surface area contributed by atoms with Gasteiger partial charge in [-0.2, -0.15) is 0 Å². The molecule has 0 aromatic heterocycles. The van der Waals surface area contributed by atoms with Crippen LogP contribution in [0.3, 0.4) is 0 Å². The summed E-state index contributed by atoms with van der Waals surface area (Å²) in [6.45, 7) is 4.16. The predicted molar refractivity (Wildman–Crippen MR) is 66.4 cm³/mol. The Kier molecular flexibility index (Phi) is 4.41. The van der Waals surface area contributed by atoms with Gasteiger partial charge in [0.2, 0.25) is 0 Å². The summed E-state index contributed by atoms with van der Waals surface area (Å²) in [5.41, 5.74) is 0. The number of rotatable bonds is 4. The van der Waals surface area contributed by atoms with Crippen molar-refractivity contribution >= 4 is 12.0 Å². The molecule has 2 saturated heterocycles. The first-order valence-corrected chi connectivity index (χ1v) is 6.65. The van der Waals surface area contributed by atoms with Crippen molar-refractivity contribution in [1.82, 2.24) is 15.1 Å². The first kappa shape index (κ1) is 13.1. The Morgan fingerprint density at radius 2 is 2.11 bits per heavy atom. The molecular weight excluding hydrogens is 234 g/mol. The summed E-state index contributed by atoms with van der Waals surface area (Å²) >= 11 is 0. The van der Waals surface area contributed by atoms with Gasteiger partial charge in [0.25, 0.3) is 0 Å². The van der Waals surface area contributed by atoms with Gasteiger partial charge in [0.05, 0.1) is 0 Å². The summed E-state index contributed by atoms with van der Waals surface area (Å²) in [5, 5.41) is 11.3. The van der Waals surface area contributed by atoms with Gasteiger partial charge in [0.1, 0.15) is 0 Å². The molecule has 18 heavy (non-hydrogen) atoms. The second kappa shape index (κ2) is 6.04. The number of urea groups is 1. The van der Waals surface area contributed by atoms with Crippen molar-refractivity contribution in [2.75, 3.05) is 32.7 Å². The topological polar surface area (TPSA) is 72.9 Å². The van der Waals surface area contributed by atoms with Crippen molar-refractivity contribution in [3.8, 4) is 0 Å². The van der Waals surface area contributed by atoms with Gasteiger partial charge in [0.15, 0.2) is 0 Å². The minimum absolute atomic E-state index is 0.0491. The Labute approximate surface area is 107 Å². The lowest BCUT2D eigenvalue weighted by atomic mass is 10.1. The molecule has 0 aromatic carbocycles. The van der Waals surface area contributed by atoms with E-state index in [1.165, 1.54) is 19.4 Å². The Balaban J connectivity index is 1.68. The summed E-state index contributed by atoms with van der Waals surface area (Å²) in [7, 11) is 0. The normalized spacial score (nSPS) is 23.8. The Morgan fingerprint density at radius 1 is 1.28 bits per heavy atom. The molecule has 2 aliphatic heterocycles. The van der Waals surface area contributed by atoms with Gasteiger partial charge in [-0.3, -0.25) is 9.69 Å². The van der Waals surface area contributed by atoms with Crippen LogP contribution in [0.1, 0.15) is 25.7 Å². The zero-order chi connectivity index (χ0) is 13.0. The van der Waals surface area contributed by atoms with Crippen molar-refractivity contribution in [3.63, 3.8) is 0 Å². The molecule has 2 heterocycles. The van der Waals surface area contributed by atoms with Crippen LogP contribution in [-0.4, -0.2) is 65.7 Å². The number of carboxylic acid groups (broad SMARTS) is 1. The van der Waals surface area contributed by atoms with Crippen molar-refractivity contribution in [1.29, 1.82) is 0 Å². The number of carbonyl (C=O) groups excluding carboxylic acids is 1. The summed E-state index contributed by atoms with van der Waals surface area (Å²) in [6, 6.07) is 0.482. The average molecular weight is 255 g/mol. The number of hydrogen-bond acceptors (Lipinski definition) is 3. The van der Waals surface area contributed by atoms with Gasteiger partial charge < -0.3 is 15.3 Å².